The van der Waals surface area contributed by atoms with Gasteiger partial charge < -0.3 is 0 Å². The fraction of sp³-hybridized carbons (Fsp3) is 0. The highest BCUT2D eigenvalue weighted by Crippen LogP contribution is 2.37. The number of hydrazone groups is 1. The summed E-state index contributed by atoms with van der Waals surface area (Å²) in [5, 5.41) is 14.9. The van der Waals surface area contributed by atoms with E-state index in [1.165, 1.54) is 18.2 Å². The first kappa shape index (κ1) is 14.1. The first-order chi connectivity index (χ1) is 9.99. The van der Waals surface area contributed by atoms with Crippen LogP contribution >= 0.6 is 23.2 Å². The van der Waals surface area contributed by atoms with Crippen molar-refractivity contribution in [3.8, 4) is 0 Å². The van der Waals surface area contributed by atoms with Gasteiger partial charge in [0.05, 0.1) is 27.0 Å². The van der Waals surface area contributed by atoms with Gasteiger partial charge in [0.15, 0.2) is 5.84 Å². The minimum Gasteiger partial charge on any atom is -0.282 e. The van der Waals surface area contributed by atoms with Crippen LogP contribution in [0.25, 0.3) is 0 Å². The molecule has 21 heavy (non-hydrogen) atoms. The molecule has 0 radical (unpaired) electrons. The Hall–Kier alpha value is -1.89. The van der Waals surface area contributed by atoms with Crippen molar-refractivity contribution in [3.63, 3.8) is 0 Å². The van der Waals surface area contributed by atoms with E-state index in [0.717, 1.165) is 12.1 Å². The average molecular weight is 330 g/mol. The lowest BCUT2D eigenvalue weighted by atomic mass is 10.1. The number of hydrogen-bond donors (Lipinski definition) is 2. The van der Waals surface area contributed by atoms with Crippen LogP contribution < -0.4 is 10.5 Å². The topological polar surface area (TPSA) is 47.9 Å². The molecule has 0 fully saturated rings. The third-order valence-electron chi connectivity index (χ3n) is 2.94. The Morgan fingerprint density at radius 2 is 1.71 bits per heavy atom. The van der Waals surface area contributed by atoms with Gasteiger partial charge in [0.2, 0.25) is 0 Å². The molecule has 0 bridgehead atoms. The van der Waals surface area contributed by atoms with Gasteiger partial charge in [-0.15, -0.1) is 0 Å². The largest absolute Gasteiger partial charge is 0.282 e. The predicted molar refractivity (Wildman–Crippen MR) is 77.2 cm³/mol. The van der Waals surface area contributed by atoms with E-state index in [9.17, 15) is 14.0 Å². The summed E-state index contributed by atoms with van der Waals surface area (Å²) in [7, 11) is 0. The van der Waals surface area contributed by atoms with E-state index in [1.807, 2.05) is 0 Å². The number of rotatable bonds is 1. The maximum absolute atomic E-state index is 13.8. The normalized spacial score (nSPS) is 13.6. The molecule has 1 heterocycles. The van der Waals surface area contributed by atoms with Gasteiger partial charge in [-0.25, -0.2) is 13.8 Å². The van der Waals surface area contributed by atoms with Crippen molar-refractivity contribution in [2.45, 2.75) is 0 Å². The minimum absolute atomic E-state index is 0.178. The molecule has 3 rings (SSSR count). The summed E-state index contributed by atoms with van der Waals surface area (Å²) in [6.07, 6.45) is 0. The van der Waals surface area contributed by atoms with Crippen LogP contribution in [-0.4, -0.2) is 11.0 Å². The van der Waals surface area contributed by atoms with Crippen LogP contribution in [0.15, 0.2) is 35.4 Å². The highest BCUT2D eigenvalue weighted by Gasteiger charge is 2.27. The Labute approximate surface area is 128 Å². The zero-order valence-corrected chi connectivity index (χ0v) is 11.8. The van der Waals surface area contributed by atoms with Crippen LogP contribution in [0.3, 0.4) is 0 Å². The molecule has 0 atom stereocenters. The lowest BCUT2D eigenvalue weighted by Crippen LogP contribution is -2.34. The van der Waals surface area contributed by atoms with Crippen molar-refractivity contribution in [2.24, 2.45) is 5.10 Å². The van der Waals surface area contributed by atoms with Crippen LogP contribution in [0.1, 0.15) is 5.56 Å². The van der Waals surface area contributed by atoms with Crippen molar-refractivity contribution in [1.29, 1.82) is 0 Å². The molecule has 0 saturated heterocycles. The quantitative estimate of drug-likeness (QED) is 0.822. The van der Waals surface area contributed by atoms with Gasteiger partial charge in [-0.2, -0.15) is 5.10 Å². The first-order valence-electron chi connectivity index (χ1n) is 5.75. The van der Waals surface area contributed by atoms with E-state index in [-0.39, 0.29) is 21.6 Å². The number of halogens is 4. The third-order valence-corrected chi connectivity index (χ3v) is 3.66. The van der Waals surface area contributed by atoms with Gasteiger partial charge in [0.1, 0.15) is 11.6 Å². The summed E-state index contributed by atoms with van der Waals surface area (Å²) in [5.74, 6) is -2.02. The SMILES string of the molecule is ON1C(c2c(F)cccc2F)=NNc2cc(Cl)c(Cl)cc21. The smallest absolute Gasteiger partial charge is 0.190 e. The predicted octanol–water partition coefficient (Wildman–Crippen LogP) is 4.25. The van der Waals surface area contributed by atoms with E-state index in [2.05, 4.69) is 10.5 Å². The molecule has 2 N–H and O–H groups in total. The van der Waals surface area contributed by atoms with Crippen molar-refractivity contribution in [1.82, 2.24) is 0 Å². The lowest BCUT2D eigenvalue weighted by molar-refractivity contribution is 0.311. The van der Waals surface area contributed by atoms with Crippen molar-refractivity contribution in [2.75, 3.05) is 10.5 Å². The molecule has 0 aromatic heterocycles. The second kappa shape index (κ2) is 5.14. The zero-order valence-electron chi connectivity index (χ0n) is 10.2. The molecule has 0 unspecified atom stereocenters. The summed E-state index contributed by atoms with van der Waals surface area (Å²) >= 11 is 11.7. The number of benzene rings is 2. The van der Waals surface area contributed by atoms with E-state index >= 15 is 0 Å². The zero-order chi connectivity index (χ0) is 15.1. The molecular weight excluding hydrogens is 323 g/mol. The van der Waals surface area contributed by atoms with Crippen LogP contribution in [-0.2, 0) is 0 Å². The molecule has 1 aliphatic rings. The molecule has 0 saturated carbocycles. The molecule has 108 valence electrons. The molecule has 4 nitrogen and oxygen atoms in total. The highest BCUT2D eigenvalue weighted by molar-refractivity contribution is 6.42. The van der Waals surface area contributed by atoms with Crippen molar-refractivity contribution in [3.05, 3.63) is 57.6 Å². The number of hydrogen-bond acceptors (Lipinski definition) is 4. The molecule has 8 heteroatoms. The highest BCUT2D eigenvalue weighted by atomic mass is 35.5. The summed E-state index contributed by atoms with van der Waals surface area (Å²) < 4.78 is 27.6. The van der Waals surface area contributed by atoms with E-state index in [4.69, 9.17) is 23.2 Å². The van der Waals surface area contributed by atoms with Gasteiger partial charge in [-0.05, 0) is 24.3 Å². The summed E-state index contributed by atoms with van der Waals surface area (Å²) in [4.78, 5) is 0. The van der Waals surface area contributed by atoms with Gasteiger partial charge in [0, 0.05) is 0 Å². The summed E-state index contributed by atoms with van der Waals surface area (Å²) in [6.45, 7) is 0. The second-order valence-corrected chi connectivity index (χ2v) is 5.05. The Balaban J connectivity index is 2.12. The Morgan fingerprint density at radius 1 is 1.10 bits per heavy atom. The van der Waals surface area contributed by atoms with Crippen LogP contribution in [0, 0.1) is 11.6 Å². The molecule has 0 amide bonds. The minimum atomic E-state index is -0.849. The standard InChI is InChI=1S/C13H7Cl2F2N3O/c14-6-4-10-11(5-7(6)15)20(21)13(19-18-10)12-8(16)2-1-3-9(12)17/h1-5,18,21H. The fourth-order valence-electron chi connectivity index (χ4n) is 1.95. The average Bonchev–Trinajstić information content (AvgIpc) is 2.43. The monoisotopic (exact) mass is 329 g/mol. The van der Waals surface area contributed by atoms with Gasteiger partial charge in [-0.3, -0.25) is 10.6 Å². The van der Waals surface area contributed by atoms with Crippen molar-refractivity contribution < 1.29 is 14.0 Å². The molecular formula is C13H7Cl2F2N3O. The van der Waals surface area contributed by atoms with Gasteiger partial charge >= 0.3 is 0 Å². The Bertz CT molecular complexity index is 747. The van der Waals surface area contributed by atoms with Crippen LogP contribution in [0.2, 0.25) is 10.0 Å². The summed E-state index contributed by atoms with van der Waals surface area (Å²) in [6, 6.07) is 6.16. The summed E-state index contributed by atoms with van der Waals surface area (Å²) in [5.41, 5.74) is 2.65. The number of nitrogens with zero attached hydrogens (tertiary/aromatic N) is 2. The van der Waals surface area contributed by atoms with Gasteiger partial charge in [-0.1, -0.05) is 29.3 Å². The van der Waals surface area contributed by atoms with E-state index in [1.54, 1.807) is 0 Å². The van der Waals surface area contributed by atoms with E-state index < -0.39 is 17.2 Å². The number of nitrogens with one attached hydrogen (secondary N) is 1. The number of anilines is 2. The van der Waals surface area contributed by atoms with Crippen LogP contribution in [0.4, 0.5) is 20.2 Å². The van der Waals surface area contributed by atoms with Crippen LogP contribution in [0.5, 0.6) is 0 Å². The first-order valence-corrected chi connectivity index (χ1v) is 6.51. The Morgan fingerprint density at radius 3 is 2.38 bits per heavy atom. The molecule has 0 aliphatic carbocycles. The molecule has 1 aliphatic heterocycles. The molecule has 0 spiro atoms. The maximum Gasteiger partial charge on any atom is 0.190 e. The second-order valence-electron chi connectivity index (χ2n) is 4.24. The Kier molecular flexibility index (Phi) is 3.44. The number of hydroxylamine groups is 1. The van der Waals surface area contributed by atoms with Gasteiger partial charge in [0.25, 0.3) is 0 Å². The fourth-order valence-corrected chi connectivity index (χ4v) is 2.27. The van der Waals surface area contributed by atoms with E-state index in [0.29, 0.717) is 10.8 Å². The maximum atomic E-state index is 13.8. The molecule has 2 aromatic rings. The lowest BCUT2D eigenvalue weighted by Gasteiger charge is -2.26. The molecule has 2 aromatic carbocycles. The van der Waals surface area contributed by atoms with Crippen molar-refractivity contribution >= 4 is 40.4 Å². The number of amidine groups is 1. The third kappa shape index (κ3) is 2.31. The number of fused-ring (bicyclic) bond motifs is 1.